The van der Waals surface area contributed by atoms with Crippen LogP contribution in [0.3, 0.4) is 0 Å². The Morgan fingerprint density at radius 1 is 0.897 bits per heavy atom. The van der Waals surface area contributed by atoms with Gasteiger partial charge in [-0.25, -0.2) is 0 Å². The fourth-order valence-corrected chi connectivity index (χ4v) is 4.58. The van der Waals surface area contributed by atoms with Gasteiger partial charge in [0, 0.05) is 27.6 Å². The van der Waals surface area contributed by atoms with Crippen LogP contribution in [0.1, 0.15) is 11.3 Å². The van der Waals surface area contributed by atoms with Crippen molar-refractivity contribution in [2.45, 2.75) is 13.8 Å². The van der Waals surface area contributed by atoms with Crippen LogP contribution in [0.4, 0.5) is 0 Å². The number of rotatable bonds is 2. The van der Waals surface area contributed by atoms with Crippen LogP contribution < -0.4 is 0 Å². The Hall–Kier alpha value is -3.58. The molecule has 4 heterocycles. The van der Waals surface area contributed by atoms with E-state index in [4.69, 9.17) is 9.52 Å². The lowest BCUT2D eigenvalue weighted by Gasteiger charge is -2.03. The highest BCUT2D eigenvalue weighted by molar-refractivity contribution is 7.19. The number of para-hydroxylation sites is 1. The van der Waals surface area contributed by atoms with Crippen molar-refractivity contribution >= 4 is 38.2 Å². The molecule has 0 saturated carbocycles. The quantitative estimate of drug-likeness (QED) is 0.390. The van der Waals surface area contributed by atoms with Crippen LogP contribution >= 0.6 is 11.3 Å². The number of fused-ring (bicyclic) bond motifs is 3. The van der Waals surface area contributed by atoms with Crippen molar-refractivity contribution in [3.8, 4) is 22.2 Å². The minimum atomic E-state index is 0.616. The zero-order chi connectivity index (χ0) is 19.5. The zero-order valence-corrected chi connectivity index (χ0v) is 16.6. The zero-order valence-electron chi connectivity index (χ0n) is 15.7. The first-order valence-corrected chi connectivity index (χ1v) is 10.1. The molecule has 0 radical (unpaired) electrons. The number of pyridine rings is 1. The first kappa shape index (κ1) is 16.4. The first-order chi connectivity index (χ1) is 14.2. The molecule has 0 amide bonds. The van der Waals surface area contributed by atoms with Crippen LogP contribution in [0.5, 0.6) is 0 Å². The summed E-state index contributed by atoms with van der Waals surface area (Å²) in [5.74, 6) is 1.32. The van der Waals surface area contributed by atoms with E-state index in [1.165, 1.54) is 11.3 Å². The Kier molecular flexibility index (Phi) is 3.36. The molecule has 0 unspecified atom stereocenters. The highest BCUT2D eigenvalue weighted by atomic mass is 32.1. The Morgan fingerprint density at radius 3 is 2.69 bits per heavy atom. The van der Waals surface area contributed by atoms with Crippen LogP contribution in [0.25, 0.3) is 49.0 Å². The standard InChI is InChI=1S/C22H15N5OS/c1-12-10-11-15-16(7-5-8-17(15)23-12)21-26-27-20(24-25-22(27)29-21)19-13(2)14-6-3-4-9-18(14)28-19/h3-11H,1-2H3. The predicted octanol–water partition coefficient (Wildman–Crippen LogP) is 5.43. The van der Waals surface area contributed by atoms with Crippen LogP contribution in [0.2, 0.25) is 0 Å². The van der Waals surface area contributed by atoms with Gasteiger partial charge < -0.3 is 4.42 Å². The second-order valence-electron chi connectivity index (χ2n) is 7.00. The van der Waals surface area contributed by atoms with E-state index in [1.54, 1.807) is 4.52 Å². The molecule has 0 aliphatic carbocycles. The van der Waals surface area contributed by atoms with Crippen molar-refractivity contribution in [1.82, 2.24) is 24.8 Å². The number of aryl methyl sites for hydroxylation is 2. The monoisotopic (exact) mass is 397 g/mol. The second-order valence-corrected chi connectivity index (χ2v) is 7.96. The van der Waals surface area contributed by atoms with Crippen molar-refractivity contribution in [1.29, 1.82) is 0 Å². The summed E-state index contributed by atoms with van der Waals surface area (Å²) in [4.78, 5) is 5.36. The summed E-state index contributed by atoms with van der Waals surface area (Å²) >= 11 is 1.51. The van der Waals surface area contributed by atoms with E-state index < -0.39 is 0 Å². The minimum Gasteiger partial charge on any atom is -0.452 e. The molecule has 6 nitrogen and oxygen atoms in total. The topological polar surface area (TPSA) is 69.1 Å². The molecule has 6 aromatic rings. The van der Waals surface area contributed by atoms with Gasteiger partial charge in [0.05, 0.1) is 5.52 Å². The first-order valence-electron chi connectivity index (χ1n) is 9.26. The number of benzene rings is 2. The number of hydrogen-bond donors (Lipinski definition) is 0. The Bertz CT molecular complexity index is 1540. The van der Waals surface area contributed by atoms with Gasteiger partial charge in [0.15, 0.2) is 5.76 Å². The summed E-state index contributed by atoms with van der Waals surface area (Å²) in [6, 6.07) is 18.2. The van der Waals surface area contributed by atoms with Crippen LogP contribution in [-0.2, 0) is 0 Å². The average Bonchev–Trinajstić information content (AvgIpc) is 3.40. The van der Waals surface area contributed by atoms with E-state index in [2.05, 4.69) is 27.3 Å². The van der Waals surface area contributed by atoms with Crippen molar-refractivity contribution in [3.05, 3.63) is 65.9 Å². The summed E-state index contributed by atoms with van der Waals surface area (Å²) in [6.07, 6.45) is 0. The van der Waals surface area contributed by atoms with E-state index in [1.807, 2.05) is 56.3 Å². The van der Waals surface area contributed by atoms with E-state index in [-0.39, 0.29) is 0 Å². The van der Waals surface area contributed by atoms with Crippen LogP contribution in [-0.4, -0.2) is 24.8 Å². The third-order valence-corrected chi connectivity index (χ3v) is 6.07. The van der Waals surface area contributed by atoms with E-state index in [9.17, 15) is 0 Å². The average molecular weight is 397 g/mol. The largest absolute Gasteiger partial charge is 0.452 e. The Balaban J connectivity index is 1.56. The highest BCUT2D eigenvalue weighted by Gasteiger charge is 2.21. The minimum absolute atomic E-state index is 0.616. The van der Waals surface area contributed by atoms with Gasteiger partial charge in [-0.05, 0) is 32.0 Å². The summed E-state index contributed by atoms with van der Waals surface area (Å²) in [6.45, 7) is 4.03. The van der Waals surface area contributed by atoms with Gasteiger partial charge in [-0.1, -0.05) is 47.7 Å². The SMILES string of the molecule is Cc1ccc2c(-c3nn4c(-c5oc6ccccc6c5C)nnc4s3)cccc2n1. The van der Waals surface area contributed by atoms with E-state index in [0.29, 0.717) is 11.6 Å². The molecule has 0 spiro atoms. The number of furan rings is 1. The maximum absolute atomic E-state index is 6.08. The van der Waals surface area contributed by atoms with E-state index in [0.717, 1.165) is 48.7 Å². The van der Waals surface area contributed by atoms with Gasteiger partial charge in [-0.3, -0.25) is 4.98 Å². The van der Waals surface area contributed by atoms with Gasteiger partial charge >= 0.3 is 0 Å². The molecule has 0 saturated heterocycles. The molecule has 2 aromatic carbocycles. The maximum atomic E-state index is 6.08. The lowest BCUT2D eigenvalue weighted by Crippen LogP contribution is -1.92. The number of aromatic nitrogens is 5. The molecule has 4 aromatic heterocycles. The smallest absolute Gasteiger partial charge is 0.235 e. The van der Waals surface area contributed by atoms with Gasteiger partial charge in [0.1, 0.15) is 10.6 Å². The van der Waals surface area contributed by atoms with E-state index >= 15 is 0 Å². The fraction of sp³-hybridized carbons (Fsp3) is 0.0909. The lowest BCUT2D eigenvalue weighted by atomic mass is 10.1. The highest BCUT2D eigenvalue weighted by Crippen LogP contribution is 2.35. The molecule has 0 atom stereocenters. The molecule has 0 aliphatic heterocycles. The molecule has 29 heavy (non-hydrogen) atoms. The number of hydrogen-bond acceptors (Lipinski definition) is 6. The fourth-order valence-electron chi connectivity index (χ4n) is 3.70. The van der Waals surface area contributed by atoms with Crippen LogP contribution in [0, 0.1) is 13.8 Å². The third kappa shape index (κ3) is 2.41. The normalized spacial score (nSPS) is 11.8. The van der Waals surface area contributed by atoms with Crippen molar-refractivity contribution in [2.24, 2.45) is 0 Å². The van der Waals surface area contributed by atoms with Crippen molar-refractivity contribution in [3.63, 3.8) is 0 Å². The van der Waals surface area contributed by atoms with Crippen LogP contribution in [0.15, 0.2) is 59.0 Å². The maximum Gasteiger partial charge on any atom is 0.235 e. The molecular formula is C22H15N5OS. The van der Waals surface area contributed by atoms with Gasteiger partial charge in [-0.2, -0.15) is 9.61 Å². The molecule has 6 rings (SSSR count). The second kappa shape index (κ2) is 5.96. The van der Waals surface area contributed by atoms with Gasteiger partial charge in [-0.15, -0.1) is 10.2 Å². The molecule has 0 bridgehead atoms. The molecule has 0 fully saturated rings. The lowest BCUT2D eigenvalue weighted by molar-refractivity contribution is 0.619. The van der Waals surface area contributed by atoms with Gasteiger partial charge in [0.2, 0.25) is 10.8 Å². The Morgan fingerprint density at radius 2 is 1.79 bits per heavy atom. The summed E-state index contributed by atoms with van der Waals surface area (Å²) in [5, 5.41) is 16.5. The molecular weight excluding hydrogens is 382 g/mol. The Labute approximate surface area is 169 Å². The van der Waals surface area contributed by atoms with Crippen molar-refractivity contribution < 1.29 is 4.42 Å². The molecule has 0 N–H and O–H groups in total. The number of nitrogens with zero attached hydrogens (tertiary/aromatic N) is 5. The summed E-state index contributed by atoms with van der Waals surface area (Å²) in [5.41, 5.74) is 4.87. The summed E-state index contributed by atoms with van der Waals surface area (Å²) < 4.78 is 7.85. The molecule has 140 valence electrons. The van der Waals surface area contributed by atoms with Gasteiger partial charge in [0.25, 0.3) is 0 Å². The third-order valence-electron chi connectivity index (χ3n) is 5.14. The predicted molar refractivity (Wildman–Crippen MR) is 114 cm³/mol. The molecule has 7 heteroatoms. The van der Waals surface area contributed by atoms with Crippen molar-refractivity contribution in [2.75, 3.05) is 0 Å². The summed E-state index contributed by atoms with van der Waals surface area (Å²) in [7, 11) is 0. The molecule has 0 aliphatic rings.